The van der Waals surface area contributed by atoms with Gasteiger partial charge in [0.1, 0.15) is 0 Å². The summed E-state index contributed by atoms with van der Waals surface area (Å²) in [4.78, 5) is 24.3. The highest BCUT2D eigenvalue weighted by Gasteiger charge is 2.33. The molecular formula is C11H20N2O3. The predicted molar refractivity (Wildman–Crippen MR) is 59.8 cm³/mol. The van der Waals surface area contributed by atoms with E-state index in [0.29, 0.717) is 19.5 Å². The van der Waals surface area contributed by atoms with Crippen molar-refractivity contribution >= 4 is 11.9 Å². The molecule has 3 atom stereocenters. The van der Waals surface area contributed by atoms with E-state index in [0.717, 1.165) is 6.42 Å². The zero-order chi connectivity index (χ0) is 12.3. The van der Waals surface area contributed by atoms with Gasteiger partial charge in [-0.3, -0.25) is 9.59 Å². The van der Waals surface area contributed by atoms with E-state index >= 15 is 0 Å². The van der Waals surface area contributed by atoms with Gasteiger partial charge in [-0.05, 0) is 12.3 Å². The number of rotatable bonds is 4. The molecule has 1 saturated heterocycles. The number of aliphatic carboxylic acids is 1. The molecule has 0 radical (unpaired) electrons. The van der Waals surface area contributed by atoms with Gasteiger partial charge >= 0.3 is 5.97 Å². The Hall–Kier alpha value is -1.10. The number of amides is 1. The first-order chi connectivity index (χ1) is 7.47. The molecule has 1 amide bonds. The highest BCUT2D eigenvalue weighted by molar-refractivity contribution is 5.83. The molecule has 16 heavy (non-hydrogen) atoms. The molecule has 1 heterocycles. The molecule has 3 N–H and O–H groups in total. The number of hydrogen-bond donors (Lipinski definition) is 2. The maximum absolute atomic E-state index is 11.9. The highest BCUT2D eigenvalue weighted by Crippen LogP contribution is 2.18. The highest BCUT2D eigenvalue weighted by atomic mass is 16.4. The van der Waals surface area contributed by atoms with Crippen molar-refractivity contribution < 1.29 is 14.7 Å². The molecule has 92 valence electrons. The summed E-state index contributed by atoms with van der Waals surface area (Å²) in [6.07, 6.45) is 1.39. The summed E-state index contributed by atoms with van der Waals surface area (Å²) >= 11 is 0. The lowest BCUT2D eigenvalue weighted by Crippen LogP contribution is -2.46. The Labute approximate surface area is 95.6 Å². The number of likely N-dealkylation sites (tertiary alicyclic amines) is 1. The minimum absolute atomic E-state index is 0.113. The first kappa shape index (κ1) is 13.0. The first-order valence-electron chi connectivity index (χ1n) is 5.74. The Morgan fingerprint density at radius 3 is 2.62 bits per heavy atom. The third kappa shape index (κ3) is 2.72. The smallest absolute Gasteiger partial charge is 0.308 e. The van der Waals surface area contributed by atoms with Crippen LogP contribution in [0.3, 0.4) is 0 Å². The molecule has 0 aromatic rings. The Balaban J connectivity index is 2.54. The maximum Gasteiger partial charge on any atom is 0.308 e. The number of carbonyl (C=O) groups excluding carboxylic acids is 1. The first-order valence-corrected chi connectivity index (χ1v) is 5.74. The van der Waals surface area contributed by atoms with E-state index in [1.54, 1.807) is 4.90 Å². The zero-order valence-corrected chi connectivity index (χ0v) is 9.85. The van der Waals surface area contributed by atoms with Crippen LogP contribution in [0.25, 0.3) is 0 Å². The van der Waals surface area contributed by atoms with Crippen LogP contribution in [0.15, 0.2) is 0 Å². The van der Waals surface area contributed by atoms with E-state index in [9.17, 15) is 9.59 Å². The summed E-state index contributed by atoms with van der Waals surface area (Å²) in [5.41, 5.74) is 5.83. The summed E-state index contributed by atoms with van der Waals surface area (Å²) in [5.74, 6) is -1.23. The fraction of sp³-hybridized carbons (Fsp3) is 0.818. The minimum Gasteiger partial charge on any atom is -0.481 e. The van der Waals surface area contributed by atoms with Gasteiger partial charge in [0.25, 0.3) is 0 Å². The molecule has 0 aliphatic carbocycles. The Morgan fingerprint density at radius 1 is 1.56 bits per heavy atom. The summed E-state index contributed by atoms with van der Waals surface area (Å²) < 4.78 is 0. The normalized spacial score (nSPS) is 24.2. The summed E-state index contributed by atoms with van der Waals surface area (Å²) in [5, 5.41) is 8.84. The second-order valence-electron chi connectivity index (χ2n) is 4.52. The van der Waals surface area contributed by atoms with Gasteiger partial charge < -0.3 is 15.7 Å². The third-order valence-corrected chi connectivity index (χ3v) is 3.39. The van der Waals surface area contributed by atoms with Crippen LogP contribution in [0, 0.1) is 11.8 Å². The number of carboxylic acid groups (broad SMARTS) is 1. The van der Waals surface area contributed by atoms with Crippen LogP contribution >= 0.6 is 0 Å². The van der Waals surface area contributed by atoms with Crippen LogP contribution in [0.1, 0.15) is 26.7 Å². The van der Waals surface area contributed by atoms with Crippen molar-refractivity contribution in [3.8, 4) is 0 Å². The number of nitrogens with zero attached hydrogens (tertiary/aromatic N) is 1. The molecule has 0 aromatic heterocycles. The Kier molecular flexibility index (Phi) is 4.29. The largest absolute Gasteiger partial charge is 0.481 e. The fourth-order valence-corrected chi connectivity index (χ4v) is 1.87. The van der Waals surface area contributed by atoms with E-state index < -0.39 is 17.9 Å². The molecule has 0 bridgehead atoms. The van der Waals surface area contributed by atoms with Crippen molar-refractivity contribution in [1.82, 2.24) is 4.90 Å². The predicted octanol–water partition coefficient (Wildman–Crippen LogP) is 0.293. The Bertz CT molecular complexity index is 280. The van der Waals surface area contributed by atoms with E-state index in [1.807, 2.05) is 13.8 Å². The van der Waals surface area contributed by atoms with Gasteiger partial charge in [-0.25, -0.2) is 0 Å². The van der Waals surface area contributed by atoms with Crippen LogP contribution in [0.2, 0.25) is 0 Å². The lowest BCUT2D eigenvalue weighted by Gasteiger charge is -2.24. The van der Waals surface area contributed by atoms with Gasteiger partial charge in [0.05, 0.1) is 12.0 Å². The summed E-state index contributed by atoms with van der Waals surface area (Å²) in [6, 6.07) is -0.502. The molecular weight excluding hydrogens is 208 g/mol. The van der Waals surface area contributed by atoms with Crippen LogP contribution in [0.4, 0.5) is 0 Å². The van der Waals surface area contributed by atoms with Crippen LogP contribution in [-0.2, 0) is 9.59 Å². The molecule has 0 spiro atoms. The van der Waals surface area contributed by atoms with E-state index in [-0.39, 0.29) is 11.8 Å². The number of carbonyl (C=O) groups is 2. The SMILES string of the molecule is CCC(C)[C@H](N)C(=O)N1CCC(C(=O)O)C1. The van der Waals surface area contributed by atoms with Crippen molar-refractivity contribution in [2.45, 2.75) is 32.7 Å². The van der Waals surface area contributed by atoms with Gasteiger partial charge in [-0.15, -0.1) is 0 Å². The molecule has 5 nitrogen and oxygen atoms in total. The number of carboxylic acids is 1. The summed E-state index contributed by atoms with van der Waals surface area (Å²) in [6.45, 7) is 4.74. The van der Waals surface area contributed by atoms with Crippen molar-refractivity contribution in [2.75, 3.05) is 13.1 Å². The standard InChI is InChI=1S/C11H20N2O3/c1-3-7(2)9(12)10(14)13-5-4-8(6-13)11(15)16/h7-9H,3-6,12H2,1-2H3,(H,15,16)/t7?,8?,9-/m0/s1. The van der Waals surface area contributed by atoms with Crippen molar-refractivity contribution in [3.63, 3.8) is 0 Å². The number of hydrogen-bond acceptors (Lipinski definition) is 3. The lowest BCUT2D eigenvalue weighted by molar-refractivity contribution is -0.141. The zero-order valence-electron chi connectivity index (χ0n) is 9.85. The Morgan fingerprint density at radius 2 is 2.19 bits per heavy atom. The van der Waals surface area contributed by atoms with Crippen LogP contribution in [0.5, 0.6) is 0 Å². The average Bonchev–Trinajstić information content (AvgIpc) is 2.75. The van der Waals surface area contributed by atoms with Crippen molar-refractivity contribution in [2.24, 2.45) is 17.6 Å². The second-order valence-corrected chi connectivity index (χ2v) is 4.52. The topological polar surface area (TPSA) is 83.6 Å². The minimum atomic E-state index is -0.826. The molecule has 0 aromatic carbocycles. The second kappa shape index (κ2) is 5.30. The molecule has 2 unspecified atom stereocenters. The monoisotopic (exact) mass is 228 g/mol. The molecule has 1 fully saturated rings. The third-order valence-electron chi connectivity index (χ3n) is 3.39. The number of nitrogens with two attached hydrogens (primary N) is 1. The van der Waals surface area contributed by atoms with Gasteiger partial charge in [0.2, 0.25) is 5.91 Å². The molecule has 1 aliphatic rings. The molecule has 5 heteroatoms. The van der Waals surface area contributed by atoms with Gasteiger partial charge in [0.15, 0.2) is 0 Å². The van der Waals surface area contributed by atoms with Crippen molar-refractivity contribution in [3.05, 3.63) is 0 Å². The average molecular weight is 228 g/mol. The molecule has 0 saturated carbocycles. The lowest BCUT2D eigenvalue weighted by atomic mass is 9.99. The summed E-state index contributed by atoms with van der Waals surface area (Å²) in [7, 11) is 0. The van der Waals surface area contributed by atoms with Gasteiger partial charge in [-0.1, -0.05) is 20.3 Å². The van der Waals surface area contributed by atoms with Crippen molar-refractivity contribution in [1.29, 1.82) is 0 Å². The van der Waals surface area contributed by atoms with Crippen LogP contribution < -0.4 is 5.73 Å². The molecule has 1 rings (SSSR count). The fourth-order valence-electron chi connectivity index (χ4n) is 1.87. The van der Waals surface area contributed by atoms with Crippen LogP contribution in [-0.4, -0.2) is 41.0 Å². The van der Waals surface area contributed by atoms with E-state index in [1.165, 1.54) is 0 Å². The van der Waals surface area contributed by atoms with Gasteiger partial charge in [-0.2, -0.15) is 0 Å². The maximum atomic E-state index is 11.9. The molecule has 1 aliphatic heterocycles. The van der Waals surface area contributed by atoms with E-state index in [4.69, 9.17) is 10.8 Å². The van der Waals surface area contributed by atoms with Gasteiger partial charge in [0, 0.05) is 13.1 Å². The quantitative estimate of drug-likeness (QED) is 0.724. The van der Waals surface area contributed by atoms with E-state index in [2.05, 4.69) is 0 Å².